The molecule has 1 saturated heterocycles. The highest BCUT2D eigenvalue weighted by Gasteiger charge is 2.39. The normalized spacial score (nSPS) is 16.6. The maximum absolute atomic E-state index is 16.0. The Morgan fingerprint density at radius 2 is 1.71 bits per heavy atom. The number of anilines is 2. The van der Waals surface area contributed by atoms with Crippen molar-refractivity contribution in [1.29, 1.82) is 0 Å². The average molecular weight is 721 g/mol. The fourth-order valence-electron chi connectivity index (χ4n) is 6.20. The molecule has 1 aliphatic heterocycles. The number of rotatable bonds is 12. The Morgan fingerprint density at radius 1 is 1.00 bits per heavy atom. The second-order valence-corrected chi connectivity index (χ2v) is 14.5. The van der Waals surface area contributed by atoms with Crippen molar-refractivity contribution in [3.05, 3.63) is 99.9 Å². The van der Waals surface area contributed by atoms with Crippen molar-refractivity contribution in [3.63, 3.8) is 0 Å². The maximum Gasteiger partial charge on any atom is 0.271 e. The van der Waals surface area contributed by atoms with Crippen LogP contribution < -0.4 is 18.7 Å². The Morgan fingerprint density at radius 3 is 2.31 bits per heavy atom. The van der Waals surface area contributed by atoms with E-state index in [-0.39, 0.29) is 23.6 Å². The van der Waals surface area contributed by atoms with Gasteiger partial charge in [0.05, 0.1) is 20.8 Å². The number of aromatic nitrogens is 2. The van der Waals surface area contributed by atoms with Gasteiger partial charge in [0.1, 0.15) is 35.3 Å². The largest absolute Gasteiger partial charge is 0.497 e. The zero-order chi connectivity index (χ0) is 34.6. The number of benzene rings is 3. The molecule has 9 nitrogen and oxygen atoms in total. The molecule has 0 aliphatic carbocycles. The summed E-state index contributed by atoms with van der Waals surface area (Å²) in [6.45, 7) is 0.662. The van der Waals surface area contributed by atoms with Gasteiger partial charge in [-0.05, 0) is 81.7 Å². The first-order chi connectivity index (χ1) is 22.9. The molecule has 1 aliphatic rings. The summed E-state index contributed by atoms with van der Waals surface area (Å²) in [6.07, 6.45) is 5.41. The van der Waals surface area contributed by atoms with Gasteiger partial charge in [-0.2, -0.15) is 0 Å². The van der Waals surface area contributed by atoms with Crippen LogP contribution in [0, 0.1) is 11.6 Å². The lowest BCUT2D eigenvalue weighted by atomic mass is 9.82. The van der Waals surface area contributed by atoms with Crippen LogP contribution in [0.4, 0.5) is 20.3 Å². The van der Waals surface area contributed by atoms with Gasteiger partial charge in [0.2, 0.25) is 0 Å². The van der Waals surface area contributed by atoms with Gasteiger partial charge in [-0.1, -0.05) is 29.3 Å². The van der Waals surface area contributed by atoms with Gasteiger partial charge >= 0.3 is 0 Å². The zero-order valence-electron chi connectivity index (χ0n) is 27.1. The number of halogens is 4. The van der Waals surface area contributed by atoms with Crippen molar-refractivity contribution in [3.8, 4) is 11.5 Å². The third-order valence-corrected chi connectivity index (χ3v) is 11.4. The molecular formula is C34H37Cl2F2N5O4S. The maximum atomic E-state index is 16.0. The van der Waals surface area contributed by atoms with Crippen molar-refractivity contribution >= 4 is 44.7 Å². The van der Waals surface area contributed by atoms with Gasteiger partial charge in [-0.3, -0.25) is 0 Å². The van der Waals surface area contributed by atoms with Crippen LogP contribution in [-0.4, -0.2) is 70.2 Å². The Bertz CT molecular complexity index is 1830. The van der Waals surface area contributed by atoms with Crippen LogP contribution in [0.2, 0.25) is 10.0 Å². The summed E-state index contributed by atoms with van der Waals surface area (Å²) >= 11 is 12.9. The summed E-state index contributed by atoms with van der Waals surface area (Å²) in [5.74, 6) is -1.69. The van der Waals surface area contributed by atoms with E-state index in [4.69, 9.17) is 32.7 Å². The number of likely N-dealkylation sites (N-methyl/N-ethyl adjacent to an activating group) is 1. The summed E-state index contributed by atoms with van der Waals surface area (Å²) in [4.78, 5) is 10.9. The van der Waals surface area contributed by atoms with Crippen LogP contribution in [0.15, 0.2) is 72.0 Å². The number of hydrogen-bond donors (Lipinski definition) is 0. The van der Waals surface area contributed by atoms with Crippen molar-refractivity contribution in [2.24, 2.45) is 0 Å². The van der Waals surface area contributed by atoms with Gasteiger partial charge in [-0.15, -0.1) is 0 Å². The quantitative estimate of drug-likeness (QED) is 0.155. The number of hydrogen-bond acceptors (Lipinski definition) is 8. The smallest absolute Gasteiger partial charge is 0.271 e. The highest BCUT2D eigenvalue weighted by Crippen LogP contribution is 2.38. The first kappa shape index (κ1) is 35.6. The first-order valence-electron chi connectivity index (χ1n) is 15.2. The van der Waals surface area contributed by atoms with E-state index in [0.29, 0.717) is 53.0 Å². The van der Waals surface area contributed by atoms with Gasteiger partial charge in [0.25, 0.3) is 10.0 Å². The van der Waals surface area contributed by atoms with Crippen LogP contribution in [0.25, 0.3) is 0 Å². The molecule has 0 bridgehead atoms. The van der Waals surface area contributed by atoms with E-state index in [1.54, 1.807) is 36.4 Å². The molecule has 0 amide bonds. The Kier molecular flexibility index (Phi) is 11.0. The minimum Gasteiger partial charge on any atom is -0.497 e. The summed E-state index contributed by atoms with van der Waals surface area (Å²) in [6, 6.07) is 13.8. The Labute approximate surface area is 290 Å². The number of methoxy groups -OCH3 is 2. The van der Waals surface area contributed by atoms with Gasteiger partial charge < -0.3 is 19.3 Å². The molecule has 0 N–H and O–H groups in total. The van der Waals surface area contributed by atoms with Gasteiger partial charge in [0.15, 0.2) is 4.90 Å². The number of nitrogens with zero attached hydrogens (tertiary/aromatic N) is 5. The topological polar surface area (TPSA) is 88.1 Å². The summed E-state index contributed by atoms with van der Waals surface area (Å²) in [5, 5.41) is 1.18. The van der Waals surface area contributed by atoms with E-state index in [9.17, 15) is 8.42 Å². The molecule has 14 heteroatoms. The highest BCUT2D eigenvalue weighted by atomic mass is 35.5. The summed E-state index contributed by atoms with van der Waals surface area (Å²) in [7, 11) is 2.05. The fraction of sp³-hybridized carbons (Fsp3) is 0.353. The lowest BCUT2D eigenvalue weighted by Crippen LogP contribution is -2.56. The van der Waals surface area contributed by atoms with E-state index in [2.05, 4.69) is 14.9 Å². The molecule has 1 atom stereocenters. The highest BCUT2D eigenvalue weighted by molar-refractivity contribution is 7.92. The molecule has 3 aromatic carbocycles. The van der Waals surface area contributed by atoms with Crippen molar-refractivity contribution in [2.45, 2.75) is 42.7 Å². The van der Waals surface area contributed by atoms with Gasteiger partial charge in [0, 0.05) is 58.3 Å². The van der Waals surface area contributed by atoms with Crippen LogP contribution in [0.1, 0.15) is 30.4 Å². The monoisotopic (exact) mass is 719 g/mol. The molecule has 1 fully saturated rings. The summed E-state index contributed by atoms with van der Waals surface area (Å²) < 4.78 is 71.9. The van der Waals surface area contributed by atoms with E-state index >= 15 is 8.78 Å². The van der Waals surface area contributed by atoms with Gasteiger partial charge in [-0.25, -0.2) is 31.5 Å². The van der Waals surface area contributed by atoms with E-state index in [1.165, 1.54) is 26.5 Å². The third-order valence-electron chi connectivity index (χ3n) is 8.93. The van der Waals surface area contributed by atoms with Crippen LogP contribution >= 0.6 is 23.2 Å². The molecule has 0 radical (unpaired) electrons. The molecular weight excluding hydrogens is 683 g/mol. The predicted octanol–water partition coefficient (Wildman–Crippen LogP) is 7.01. The average Bonchev–Trinajstić information content (AvgIpc) is 3.06. The lowest BCUT2D eigenvalue weighted by Gasteiger charge is -2.48. The van der Waals surface area contributed by atoms with Crippen LogP contribution in [0.3, 0.4) is 0 Å². The molecule has 1 unspecified atom stereocenters. The molecule has 256 valence electrons. The summed E-state index contributed by atoms with van der Waals surface area (Å²) in [5.41, 5.74) is 1.16. The van der Waals surface area contributed by atoms with E-state index < -0.39 is 26.6 Å². The van der Waals surface area contributed by atoms with Crippen LogP contribution in [0.5, 0.6) is 11.5 Å². The van der Waals surface area contributed by atoms with Crippen molar-refractivity contribution < 1.29 is 26.7 Å². The molecule has 48 heavy (non-hydrogen) atoms. The number of ether oxygens (including phenoxy) is 2. The Balaban J connectivity index is 1.47. The van der Waals surface area contributed by atoms with E-state index in [1.807, 2.05) is 19.0 Å². The number of piperidine rings is 1. The van der Waals surface area contributed by atoms with E-state index in [0.717, 1.165) is 41.2 Å². The SMILES string of the molecule is COc1ccc(CN(c2ccncn2)S(=O)(=O)c2c(F)cc(N3CCCC(CCc4c(Cl)cccc4Cl)(N(C)C)C3)cc2F)c(OC)c1. The number of sulfonamides is 1. The molecule has 0 saturated carbocycles. The predicted molar refractivity (Wildman–Crippen MR) is 184 cm³/mol. The third kappa shape index (κ3) is 7.31. The second-order valence-electron chi connectivity index (χ2n) is 11.8. The first-order valence-corrected chi connectivity index (χ1v) is 17.4. The molecule has 2 heterocycles. The molecule has 1 aromatic heterocycles. The van der Waals surface area contributed by atoms with Crippen molar-refractivity contribution in [1.82, 2.24) is 14.9 Å². The molecule has 4 aromatic rings. The molecule has 0 spiro atoms. The second kappa shape index (κ2) is 14.8. The van der Waals surface area contributed by atoms with Crippen LogP contribution in [-0.2, 0) is 23.0 Å². The Hall–Kier alpha value is -3.71. The minimum absolute atomic E-state index is 0.0730. The van der Waals surface area contributed by atoms with Crippen molar-refractivity contribution in [2.75, 3.05) is 50.6 Å². The molecule has 5 rings (SSSR count). The lowest BCUT2D eigenvalue weighted by molar-refractivity contribution is 0.116. The minimum atomic E-state index is -4.83. The fourth-order valence-corrected chi connectivity index (χ4v) is 8.28. The zero-order valence-corrected chi connectivity index (χ0v) is 29.4. The standard InChI is InChI=1S/C34H37Cl2F2N5O4S/c1-41(2)34(14-11-26-27(35)7-5-8-28(26)36)13-6-16-42(21-34)24-17-29(37)33(30(38)18-24)48(44,45)43(32-12-15-39-22-40-32)20-23-9-10-25(46-3)19-31(23)47-4/h5,7-10,12,15,17-19,22H,6,11,13-14,16,20-21H2,1-4H3.